The van der Waals surface area contributed by atoms with Crippen LogP contribution in [0, 0.1) is 0 Å². The van der Waals surface area contributed by atoms with Crippen LogP contribution >= 0.6 is 27.3 Å². The number of carbonyl (C=O) groups is 1. The zero-order chi connectivity index (χ0) is 33.9. The molecular formula is C40H31BrN2O5S. The van der Waals surface area contributed by atoms with E-state index in [1.165, 1.54) is 16.7 Å². The first-order chi connectivity index (χ1) is 23.9. The SMILES string of the molecule is CCOC(=O)C1=C(c2ccccc2)N=c2s/c(=C\c3ccc(OCc4cccc5ccccc45)c(Br)c3)c(=O)n2[C@H]1c1ccc(OC)cc1. The maximum atomic E-state index is 14.3. The van der Waals surface area contributed by atoms with Crippen molar-refractivity contribution in [3.63, 3.8) is 0 Å². The zero-order valence-electron chi connectivity index (χ0n) is 26.8. The number of ether oxygens (including phenoxy) is 3. The molecule has 1 atom stereocenters. The smallest absolute Gasteiger partial charge is 0.338 e. The molecule has 9 heteroatoms. The van der Waals surface area contributed by atoms with Crippen LogP contribution in [0.25, 0.3) is 22.5 Å². The van der Waals surface area contributed by atoms with Crippen LogP contribution in [-0.2, 0) is 16.1 Å². The van der Waals surface area contributed by atoms with Crippen molar-refractivity contribution in [2.75, 3.05) is 13.7 Å². The lowest BCUT2D eigenvalue weighted by Gasteiger charge is -2.26. The number of nitrogens with zero attached hydrogens (tertiary/aromatic N) is 2. The number of rotatable bonds is 9. The first-order valence-electron chi connectivity index (χ1n) is 15.8. The Balaban J connectivity index is 1.30. The van der Waals surface area contributed by atoms with Crippen molar-refractivity contribution < 1.29 is 19.0 Å². The molecule has 0 saturated carbocycles. The maximum Gasteiger partial charge on any atom is 0.338 e. The lowest BCUT2D eigenvalue weighted by Crippen LogP contribution is -2.40. The van der Waals surface area contributed by atoms with Gasteiger partial charge in [0.15, 0.2) is 4.80 Å². The van der Waals surface area contributed by atoms with Gasteiger partial charge in [0.25, 0.3) is 5.56 Å². The van der Waals surface area contributed by atoms with Gasteiger partial charge in [-0.15, -0.1) is 0 Å². The minimum atomic E-state index is -0.768. The fourth-order valence-corrected chi connectivity index (χ4v) is 7.50. The first-order valence-corrected chi connectivity index (χ1v) is 17.4. The number of thiazole rings is 1. The number of benzene rings is 5. The van der Waals surface area contributed by atoms with Crippen molar-refractivity contribution in [3.05, 3.63) is 167 Å². The summed E-state index contributed by atoms with van der Waals surface area (Å²) in [5.41, 5.74) is 3.91. The lowest BCUT2D eigenvalue weighted by atomic mass is 9.93. The molecule has 49 heavy (non-hydrogen) atoms. The van der Waals surface area contributed by atoms with Gasteiger partial charge in [0.1, 0.15) is 18.1 Å². The molecule has 0 bridgehead atoms. The van der Waals surface area contributed by atoms with Crippen LogP contribution in [0.4, 0.5) is 0 Å². The van der Waals surface area contributed by atoms with Crippen LogP contribution in [0.5, 0.6) is 11.5 Å². The molecule has 0 spiro atoms. The minimum Gasteiger partial charge on any atom is -0.497 e. The normalized spacial score (nSPS) is 14.3. The molecular weight excluding hydrogens is 700 g/mol. The minimum absolute atomic E-state index is 0.181. The molecule has 1 aromatic heterocycles. The molecule has 0 amide bonds. The number of carbonyl (C=O) groups excluding carboxylic acids is 1. The fraction of sp³-hybridized carbons (Fsp3) is 0.125. The fourth-order valence-electron chi connectivity index (χ4n) is 5.99. The third kappa shape index (κ3) is 6.47. The lowest BCUT2D eigenvalue weighted by molar-refractivity contribution is -0.138. The van der Waals surface area contributed by atoms with Crippen LogP contribution in [0.1, 0.15) is 35.2 Å². The standard InChI is InChI=1S/C40H31BrN2O5S/c1-3-47-39(45)35-36(27-11-5-4-6-12-27)42-40-43(37(35)28-17-19-30(46-2)20-18-28)38(44)34(49-40)23-25-16-21-33(32(41)22-25)48-24-29-14-9-13-26-10-7-8-15-31(26)29/h4-23,37H,3,24H2,1-2H3/b34-23-/t37-/m0/s1. The molecule has 6 aromatic rings. The van der Waals surface area contributed by atoms with Gasteiger partial charge in [-0.2, -0.15) is 0 Å². The summed E-state index contributed by atoms with van der Waals surface area (Å²) < 4.78 is 20.0. The van der Waals surface area contributed by atoms with Gasteiger partial charge in [-0.3, -0.25) is 9.36 Å². The summed E-state index contributed by atoms with van der Waals surface area (Å²) >= 11 is 4.95. The highest BCUT2D eigenvalue weighted by Crippen LogP contribution is 2.36. The first kappa shape index (κ1) is 32.3. The highest BCUT2D eigenvalue weighted by Gasteiger charge is 2.35. The summed E-state index contributed by atoms with van der Waals surface area (Å²) in [7, 11) is 1.59. The second kappa shape index (κ2) is 14.1. The molecule has 1 aliphatic rings. The molecule has 2 heterocycles. The van der Waals surface area contributed by atoms with E-state index in [1.807, 2.05) is 97.1 Å². The van der Waals surface area contributed by atoms with Crippen LogP contribution in [0.15, 0.2) is 135 Å². The Morgan fingerprint density at radius 2 is 1.69 bits per heavy atom. The molecule has 0 aliphatic carbocycles. The van der Waals surface area contributed by atoms with Gasteiger partial charge in [-0.1, -0.05) is 102 Å². The van der Waals surface area contributed by atoms with Gasteiger partial charge in [-0.25, -0.2) is 9.79 Å². The average molecular weight is 732 g/mol. The summed E-state index contributed by atoms with van der Waals surface area (Å²) in [6.45, 7) is 2.35. The number of halogens is 1. The van der Waals surface area contributed by atoms with E-state index in [-0.39, 0.29) is 12.2 Å². The molecule has 7 rings (SSSR count). The van der Waals surface area contributed by atoms with E-state index in [1.54, 1.807) is 18.6 Å². The third-order valence-corrected chi connectivity index (χ3v) is 9.92. The largest absolute Gasteiger partial charge is 0.497 e. The summed E-state index contributed by atoms with van der Waals surface area (Å²) in [6.07, 6.45) is 1.84. The van der Waals surface area contributed by atoms with Crippen molar-refractivity contribution in [1.82, 2.24) is 4.57 Å². The van der Waals surface area contributed by atoms with Crippen LogP contribution < -0.4 is 24.4 Å². The molecule has 0 unspecified atom stereocenters. The average Bonchev–Trinajstić information content (AvgIpc) is 3.44. The topological polar surface area (TPSA) is 79.1 Å². The Labute approximate surface area is 295 Å². The number of fused-ring (bicyclic) bond motifs is 2. The van der Waals surface area contributed by atoms with Gasteiger partial charge < -0.3 is 14.2 Å². The van der Waals surface area contributed by atoms with E-state index >= 15 is 0 Å². The number of methoxy groups -OCH3 is 1. The molecule has 0 saturated heterocycles. The predicted octanol–water partition coefficient (Wildman–Crippen LogP) is 7.44. The quantitative estimate of drug-likeness (QED) is 0.145. The van der Waals surface area contributed by atoms with Gasteiger partial charge in [0.2, 0.25) is 0 Å². The number of aromatic nitrogens is 1. The Bertz CT molecular complexity index is 2390. The number of hydrogen-bond acceptors (Lipinski definition) is 7. The number of esters is 1. The monoisotopic (exact) mass is 730 g/mol. The van der Waals surface area contributed by atoms with Gasteiger partial charge in [-0.05, 0) is 80.7 Å². The van der Waals surface area contributed by atoms with Crippen LogP contribution in [-0.4, -0.2) is 24.3 Å². The van der Waals surface area contributed by atoms with E-state index < -0.39 is 12.0 Å². The van der Waals surface area contributed by atoms with Crippen molar-refractivity contribution in [2.45, 2.75) is 19.6 Å². The van der Waals surface area contributed by atoms with Gasteiger partial charge in [0.05, 0.1) is 40.0 Å². The molecule has 7 nitrogen and oxygen atoms in total. The van der Waals surface area contributed by atoms with Crippen molar-refractivity contribution in [3.8, 4) is 11.5 Å². The molecule has 244 valence electrons. The van der Waals surface area contributed by atoms with E-state index in [9.17, 15) is 9.59 Å². The van der Waals surface area contributed by atoms with Gasteiger partial charge >= 0.3 is 5.97 Å². The summed E-state index contributed by atoms with van der Waals surface area (Å²) in [6, 6.07) is 36.3. The molecule has 5 aromatic carbocycles. The summed E-state index contributed by atoms with van der Waals surface area (Å²) in [5, 5.41) is 2.32. The molecule has 0 radical (unpaired) electrons. The predicted molar refractivity (Wildman–Crippen MR) is 196 cm³/mol. The van der Waals surface area contributed by atoms with Gasteiger partial charge in [0, 0.05) is 5.56 Å². The summed E-state index contributed by atoms with van der Waals surface area (Å²) in [4.78, 5) is 33.4. The van der Waals surface area contributed by atoms with E-state index in [2.05, 4.69) is 40.2 Å². The van der Waals surface area contributed by atoms with Crippen molar-refractivity contribution in [2.24, 2.45) is 4.99 Å². The van der Waals surface area contributed by atoms with Crippen molar-refractivity contribution >= 4 is 55.8 Å². The summed E-state index contributed by atoms with van der Waals surface area (Å²) in [5.74, 6) is 0.831. The Morgan fingerprint density at radius 3 is 2.45 bits per heavy atom. The third-order valence-electron chi connectivity index (χ3n) is 8.32. The Kier molecular flexibility index (Phi) is 9.28. The molecule has 1 aliphatic heterocycles. The molecule has 0 fully saturated rings. The molecule has 0 N–H and O–H groups in total. The highest BCUT2D eigenvalue weighted by molar-refractivity contribution is 9.10. The zero-order valence-corrected chi connectivity index (χ0v) is 29.2. The van der Waals surface area contributed by atoms with E-state index in [0.717, 1.165) is 32.1 Å². The van der Waals surface area contributed by atoms with E-state index in [0.29, 0.717) is 38.7 Å². The van der Waals surface area contributed by atoms with Crippen LogP contribution in [0.3, 0.4) is 0 Å². The van der Waals surface area contributed by atoms with Crippen molar-refractivity contribution in [1.29, 1.82) is 0 Å². The Morgan fingerprint density at radius 1 is 0.939 bits per heavy atom. The Hall–Kier alpha value is -5.25. The highest BCUT2D eigenvalue weighted by atomic mass is 79.9. The second-order valence-electron chi connectivity index (χ2n) is 11.3. The maximum absolute atomic E-state index is 14.3. The van der Waals surface area contributed by atoms with E-state index in [4.69, 9.17) is 19.2 Å². The number of hydrogen-bond donors (Lipinski definition) is 0. The van der Waals surface area contributed by atoms with Crippen LogP contribution in [0.2, 0.25) is 0 Å². The second-order valence-corrected chi connectivity index (χ2v) is 13.2.